The maximum Gasteiger partial charge on any atom is 0.167 e. The Balaban J connectivity index is 2.21. The molecule has 0 aromatic heterocycles. The number of ketones is 1. The van der Waals surface area contributed by atoms with Crippen molar-refractivity contribution in [2.24, 2.45) is 0 Å². The molecule has 0 aliphatic rings. The molecule has 20 heavy (non-hydrogen) atoms. The van der Waals surface area contributed by atoms with Crippen LogP contribution in [0.25, 0.3) is 0 Å². The lowest BCUT2D eigenvalue weighted by Gasteiger charge is -2.10. The Morgan fingerprint density at radius 3 is 2.30 bits per heavy atom. The van der Waals surface area contributed by atoms with Gasteiger partial charge in [-0.2, -0.15) is 0 Å². The lowest BCUT2D eigenvalue weighted by atomic mass is 10.0. The molecule has 104 valence electrons. The van der Waals surface area contributed by atoms with Gasteiger partial charge in [0.15, 0.2) is 5.78 Å². The van der Waals surface area contributed by atoms with Crippen molar-refractivity contribution in [1.82, 2.24) is 0 Å². The SMILES string of the molecule is COc1ccc(CC(=O)c2ccc(C)cc2)c(OC)c1. The molecule has 0 bridgehead atoms. The summed E-state index contributed by atoms with van der Waals surface area (Å²) in [5.74, 6) is 1.46. The van der Waals surface area contributed by atoms with Crippen molar-refractivity contribution in [3.8, 4) is 11.5 Å². The van der Waals surface area contributed by atoms with Gasteiger partial charge < -0.3 is 9.47 Å². The van der Waals surface area contributed by atoms with Gasteiger partial charge in [-0.1, -0.05) is 35.9 Å². The van der Waals surface area contributed by atoms with E-state index in [0.717, 1.165) is 11.1 Å². The van der Waals surface area contributed by atoms with Crippen LogP contribution in [0.4, 0.5) is 0 Å². The van der Waals surface area contributed by atoms with Crippen LogP contribution in [0.1, 0.15) is 21.5 Å². The zero-order valence-electron chi connectivity index (χ0n) is 12.0. The quantitative estimate of drug-likeness (QED) is 0.781. The van der Waals surface area contributed by atoms with E-state index in [1.165, 1.54) is 0 Å². The maximum absolute atomic E-state index is 12.3. The second kappa shape index (κ2) is 6.24. The molecule has 0 heterocycles. The molecule has 0 fully saturated rings. The lowest BCUT2D eigenvalue weighted by molar-refractivity contribution is 0.0992. The van der Waals surface area contributed by atoms with E-state index < -0.39 is 0 Å². The topological polar surface area (TPSA) is 35.5 Å². The van der Waals surface area contributed by atoms with Gasteiger partial charge >= 0.3 is 0 Å². The van der Waals surface area contributed by atoms with Gasteiger partial charge in [-0.3, -0.25) is 4.79 Å². The molecule has 0 aliphatic heterocycles. The second-order valence-corrected chi connectivity index (χ2v) is 4.64. The fraction of sp³-hybridized carbons (Fsp3) is 0.235. The molecule has 0 radical (unpaired) electrons. The van der Waals surface area contributed by atoms with Crippen molar-refractivity contribution in [1.29, 1.82) is 0 Å². The normalized spacial score (nSPS) is 10.2. The zero-order valence-corrected chi connectivity index (χ0v) is 12.0. The predicted molar refractivity (Wildman–Crippen MR) is 78.8 cm³/mol. The summed E-state index contributed by atoms with van der Waals surface area (Å²) >= 11 is 0. The molecule has 0 saturated carbocycles. The smallest absolute Gasteiger partial charge is 0.167 e. The summed E-state index contributed by atoms with van der Waals surface area (Å²) in [7, 11) is 3.19. The number of Topliss-reactive ketones (excluding diaryl/α,β-unsaturated/α-hetero) is 1. The maximum atomic E-state index is 12.3. The summed E-state index contributed by atoms with van der Waals surface area (Å²) in [5.41, 5.74) is 2.72. The summed E-state index contributed by atoms with van der Waals surface area (Å²) in [6, 6.07) is 13.1. The Labute approximate surface area is 119 Å². The third-order valence-corrected chi connectivity index (χ3v) is 3.22. The van der Waals surface area contributed by atoms with Crippen molar-refractivity contribution in [3.05, 3.63) is 59.2 Å². The van der Waals surface area contributed by atoms with E-state index in [0.29, 0.717) is 23.5 Å². The van der Waals surface area contributed by atoms with E-state index in [1.807, 2.05) is 43.3 Å². The number of hydrogen-bond acceptors (Lipinski definition) is 3. The van der Waals surface area contributed by atoms with Gasteiger partial charge in [-0.25, -0.2) is 0 Å². The molecule has 0 atom stereocenters. The molecule has 3 nitrogen and oxygen atoms in total. The van der Waals surface area contributed by atoms with E-state index in [2.05, 4.69) is 0 Å². The highest BCUT2D eigenvalue weighted by Crippen LogP contribution is 2.25. The number of aryl methyl sites for hydroxylation is 1. The Kier molecular flexibility index (Phi) is 4.41. The third-order valence-electron chi connectivity index (χ3n) is 3.22. The van der Waals surface area contributed by atoms with Gasteiger partial charge in [-0.15, -0.1) is 0 Å². The van der Waals surface area contributed by atoms with Crippen LogP contribution in [0.5, 0.6) is 11.5 Å². The summed E-state index contributed by atoms with van der Waals surface area (Å²) in [5, 5.41) is 0. The average molecular weight is 270 g/mol. The van der Waals surface area contributed by atoms with E-state index >= 15 is 0 Å². The Hall–Kier alpha value is -2.29. The Bertz CT molecular complexity index is 600. The molecule has 0 aliphatic carbocycles. The van der Waals surface area contributed by atoms with Gasteiger partial charge in [0.05, 0.1) is 14.2 Å². The first-order chi connectivity index (χ1) is 9.63. The highest BCUT2D eigenvalue weighted by Gasteiger charge is 2.11. The highest BCUT2D eigenvalue weighted by atomic mass is 16.5. The number of hydrogen-bond donors (Lipinski definition) is 0. The molecule has 2 rings (SSSR count). The van der Waals surface area contributed by atoms with Crippen LogP contribution >= 0.6 is 0 Å². The number of rotatable bonds is 5. The van der Waals surface area contributed by atoms with Gasteiger partial charge in [0.25, 0.3) is 0 Å². The summed E-state index contributed by atoms with van der Waals surface area (Å²) in [6.07, 6.45) is 0.316. The standard InChI is InChI=1S/C17H18O3/c1-12-4-6-13(7-5-12)16(18)10-14-8-9-15(19-2)11-17(14)20-3/h4-9,11H,10H2,1-3H3. The summed E-state index contributed by atoms with van der Waals surface area (Å²) < 4.78 is 10.5. The molecule has 0 spiro atoms. The van der Waals surface area contributed by atoms with Gasteiger partial charge in [0, 0.05) is 23.6 Å². The van der Waals surface area contributed by atoms with Crippen molar-refractivity contribution in [2.75, 3.05) is 14.2 Å². The van der Waals surface area contributed by atoms with E-state index in [9.17, 15) is 4.79 Å². The van der Waals surface area contributed by atoms with Crippen LogP contribution in [-0.2, 0) is 6.42 Å². The fourth-order valence-electron chi connectivity index (χ4n) is 2.01. The van der Waals surface area contributed by atoms with Crippen molar-refractivity contribution in [2.45, 2.75) is 13.3 Å². The molecule has 2 aromatic rings. The van der Waals surface area contributed by atoms with Crippen LogP contribution in [0, 0.1) is 6.92 Å². The number of benzene rings is 2. The summed E-state index contributed by atoms with van der Waals surface area (Å²) in [4.78, 5) is 12.3. The first kappa shape index (κ1) is 14.1. The first-order valence-electron chi connectivity index (χ1n) is 6.45. The molecule has 0 amide bonds. The van der Waals surface area contributed by atoms with E-state index in [4.69, 9.17) is 9.47 Å². The fourth-order valence-corrected chi connectivity index (χ4v) is 2.01. The van der Waals surface area contributed by atoms with Crippen LogP contribution in [0.2, 0.25) is 0 Å². The molecule has 0 N–H and O–H groups in total. The van der Waals surface area contributed by atoms with Crippen LogP contribution in [0.15, 0.2) is 42.5 Å². The molecule has 0 unspecified atom stereocenters. The molecular formula is C17H18O3. The summed E-state index contributed by atoms with van der Waals surface area (Å²) in [6.45, 7) is 2.00. The van der Waals surface area contributed by atoms with Crippen LogP contribution in [0.3, 0.4) is 0 Å². The number of carbonyl (C=O) groups excluding carboxylic acids is 1. The van der Waals surface area contributed by atoms with E-state index in [-0.39, 0.29) is 5.78 Å². The minimum Gasteiger partial charge on any atom is -0.497 e. The molecule has 0 saturated heterocycles. The minimum atomic E-state index is 0.0773. The number of carbonyl (C=O) groups is 1. The minimum absolute atomic E-state index is 0.0773. The lowest BCUT2D eigenvalue weighted by Crippen LogP contribution is -2.05. The van der Waals surface area contributed by atoms with Gasteiger partial charge in [-0.05, 0) is 13.0 Å². The zero-order chi connectivity index (χ0) is 14.5. The monoisotopic (exact) mass is 270 g/mol. The Morgan fingerprint density at radius 2 is 1.70 bits per heavy atom. The largest absolute Gasteiger partial charge is 0.497 e. The van der Waals surface area contributed by atoms with Crippen molar-refractivity contribution < 1.29 is 14.3 Å². The third kappa shape index (κ3) is 3.18. The number of methoxy groups -OCH3 is 2. The van der Waals surface area contributed by atoms with Crippen LogP contribution < -0.4 is 9.47 Å². The second-order valence-electron chi connectivity index (χ2n) is 4.64. The van der Waals surface area contributed by atoms with Crippen molar-refractivity contribution in [3.63, 3.8) is 0 Å². The molecule has 3 heteroatoms. The number of ether oxygens (including phenoxy) is 2. The highest BCUT2D eigenvalue weighted by molar-refractivity contribution is 5.97. The Morgan fingerprint density at radius 1 is 1.00 bits per heavy atom. The van der Waals surface area contributed by atoms with Gasteiger partial charge in [0.2, 0.25) is 0 Å². The molecular weight excluding hydrogens is 252 g/mol. The average Bonchev–Trinajstić information content (AvgIpc) is 2.48. The predicted octanol–water partition coefficient (Wildman–Crippen LogP) is 3.44. The van der Waals surface area contributed by atoms with Crippen molar-refractivity contribution >= 4 is 5.78 Å². The van der Waals surface area contributed by atoms with E-state index in [1.54, 1.807) is 20.3 Å². The van der Waals surface area contributed by atoms with Gasteiger partial charge in [0.1, 0.15) is 11.5 Å². The first-order valence-corrected chi connectivity index (χ1v) is 6.45. The van der Waals surface area contributed by atoms with Crippen LogP contribution in [-0.4, -0.2) is 20.0 Å². The molecule has 2 aromatic carbocycles.